The summed E-state index contributed by atoms with van der Waals surface area (Å²) in [6, 6.07) is 21.3. The van der Waals surface area contributed by atoms with E-state index in [1.54, 1.807) is 0 Å². The SMILES string of the molecule is CN1CCN(Cc2nc(Cc3ccccc3)no2)CC1c1ccccc1. The monoisotopic (exact) mass is 348 g/mol. The maximum absolute atomic E-state index is 5.49. The zero-order valence-electron chi connectivity index (χ0n) is 15.1. The van der Waals surface area contributed by atoms with Crippen LogP contribution in [0.5, 0.6) is 0 Å². The van der Waals surface area contributed by atoms with Crippen molar-refractivity contribution in [3.05, 3.63) is 83.5 Å². The van der Waals surface area contributed by atoms with Crippen molar-refractivity contribution in [2.24, 2.45) is 0 Å². The van der Waals surface area contributed by atoms with Crippen LogP contribution in [0.2, 0.25) is 0 Å². The molecule has 5 heteroatoms. The van der Waals surface area contributed by atoms with Gasteiger partial charge in [-0.3, -0.25) is 9.80 Å². The van der Waals surface area contributed by atoms with Crippen LogP contribution in [-0.4, -0.2) is 46.6 Å². The van der Waals surface area contributed by atoms with Gasteiger partial charge in [0.15, 0.2) is 5.82 Å². The molecule has 3 aromatic rings. The highest BCUT2D eigenvalue weighted by atomic mass is 16.5. The Balaban J connectivity index is 1.40. The van der Waals surface area contributed by atoms with E-state index < -0.39 is 0 Å². The zero-order valence-corrected chi connectivity index (χ0v) is 15.1. The lowest BCUT2D eigenvalue weighted by molar-refractivity contribution is 0.0825. The summed E-state index contributed by atoms with van der Waals surface area (Å²) < 4.78 is 5.49. The van der Waals surface area contributed by atoms with Gasteiger partial charge in [0.1, 0.15) is 0 Å². The molecule has 1 unspecified atom stereocenters. The van der Waals surface area contributed by atoms with Gasteiger partial charge in [0.05, 0.1) is 6.54 Å². The molecule has 1 atom stereocenters. The van der Waals surface area contributed by atoms with E-state index in [1.807, 2.05) is 18.2 Å². The molecular weight excluding hydrogens is 324 g/mol. The summed E-state index contributed by atoms with van der Waals surface area (Å²) in [5.74, 6) is 1.45. The van der Waals surface area contributed by atoms with E-state index in [4.69, 9.17) is 4.52 Å². The number of aromatic nitrogens is 2. The molecule has 2 aromatic carbocycles. The van der Waals surface area contributed by atoms with Crippen molar-refractivity contribution >= 4 is 0 Å². The molecule has 4 rings (SSSR count). The van der Waals surface area contributed by atoms with E-state index in [-0.39, 0.29) is 0 Å². The first-order chi connectivity index (χ1) is 12.8. The Morgan fingerprint density at radius 1 is 1.00 bits per heavy atom. The number of piperazine rings is 1. The van der Waals surface area contributed by atoms with Crippen LogP contribution in [0.25, 0.3) is 0 Å². The fourth-order valence-corrected chi connectivity index (χ4v) is 3.50. The number of nitrogens with zero attached hydrogens (tertiary/aromatic N) is 4. The first-order valence-electron chi connectivity index (χ1n) is 9.11. The highest BCUT2D eigenvalue weighted by Gasteiger charge is 2.26. The lowest BCUT2D eigenvalue weighted by Gasteiger charge is -2.39. The largest absolute Gasteiger partial charge is 0.338 e. The summed E-state index contributed by atoms with van der Waals surface area (Å²) in [6.45, 7) is 3.72. The number of rotatable bonds is 5. The minimum absolute atomic E-state index is 0.400. The van der Waals surface area contributed by atoms with E-state index in [0.29, 0.717) is 24.9 Å². The molecule has 0 N–H and O–H groups in total. The van der Waals surface area contributed by atoms with Gasteiger partial charge in [-0.25, -0.2) is 0 Å². The Bertz CT molecular complexity index is 818. The van der Waals surface area contributed by atoms with Crippen molar-refractivity contribution in [3.63, 3.8) is 0 Å². The fourth-order valence-electron chi connectivity index (χ4n) is 3.50. The van der Waals surface area contributed by atoms with Gasteiger partial charge >= 0.3 is 0 Å². The van der Waals surface area contributed by atoms with Gasteiger partial charge in [-0.2, -0.15) is 4.98 Å². The quantitative estimate of drug-likeness (QED) is 0.709. The average molecular weight is 348 g/mol. The van der Waals surface area contributed by atoms with E-state index in [0.717, 1.165) is 25.5 Å². The van der Waals surface area contributed by atoms with Crippen LogP contribution in [0, 0.1) is 0 Å². The Kier molecular flexibility index (Phi) is 5.09. The molecule has 0 radical (unpaired) electrons. The van der Waals surface area contributed by atoms with E-state index in [2.05, 4.69) is 69.5 Å². The molecule has 0 spiro atoms. The van der Waals surface area contributed by atoms with Crippen molar-refractivity contribution in [3.8, 4) is 0 Å². The predicted octanol–water partition coefficient (Wildman–Crippen LogP) is 3.15. The second kappa shape index (κ2) is 7.81. The van der Waals surface area contributed by atoms with Gasteiger partial charge in [0, 0.05) is 32.1 Å². The van der Waals surface area contributed by atoms with Crippen LogP contribution < -0.4 is 0 Å². The molecular formula is C21H24N4O. The summed E-state index contributed by atoms with van der Waals surface area (Å²) in [7, 11) is 2.19. The summed E-state index contributed by atoms with van der Waals surface area (Å²) in [5.41, 5.74) is 2.55. The Morgan fingerprint density at radius 3 is 2.50 bits per heavy atom. The summed E-state index contributed by atoms with van der Waals surface area (Å²) in [4.78, 5) is 9.40. The van der Waals surface area contributed by atoms with Gasteiger partial charge in [0.25, 0.3) is 0 Å². The third-order valence-corrected chi connectivity index (χ3v) is 4.99. The van der Waals surface area contributed by atoms with Crippen LogP contribution in [0.4, 0.5) is 0 Å². The number of hydrogen-bond acceptors (Lipinski definition) is 5. The molecule has 26 heavy (non-hydrogen) atoms. The third kappa shape index (κ3) is 4.00. The molecule has 1 saturated heterocycles. The highest BCUT2D eigenvalue weighted by Crippen LogP contribution is 2.24. The van der Waals surface area contributed by atoms with Gasteiger partial charge in [-0.05, 0) is 18.2 Å². The van der Waals surface area contributed by atoms with Crippen molar-refractivity contribution in [2.75, 3.05) is 26.7 Å². The van der Waals surface area contributed by atoms with E-state index in [9.17, 15) is 0 Å². The molecule has 1 aliphatic rings. The predicted molar refractivity (Wildman–Crippen MR) is 101 cm³/mol. The first-order valence-corrected chi connectivity index (χ1v) is 9.11. The molecule has 0 amide bonds. The number of hydrogen-bond donors (Lipinski definition) is 0. The van der Waals surface area contributed by atoms with Crippen LogP contribution >= 0.6 is 0 Å². The normalized spacial score (nSPS) is 18.9. The molecule has 0 bridgehead atoms. The number of likely N-dealkylation sites (N-methyl/N-ethyl adjacent to an activating group) is 1. The lowest BCUT2D eigenvalue weighted by Crippen LogP contribution is -2.46. The van der Waals surface area contributed by atoms with Crippen molar-refractivity contribution in [1.29, 1.82) is 0 Å². The highest BCUT2D eigenvalue weighted by molar-refractivity contribution is 5.20. The Morgan fingerprint density at radius 2 is 1.73 bits per heavy atom. The lowest BCUT2D eigenvalue weighted by atomic mass is 10.0. The molecule has 134 valence electrons. The van der Waals surface area contributed by atoms with Crippen LogP contribution in [0.1, 0.15) is 28.9 Å². The van der Waals surface area contributed by atoms with Gasteiger partial charge in [0.2, 0.25) is 5.89 Å². The first kappa shape index (κ1) is 16.9. The Hall–Kier alpha value is -2.50. The van der Waals surface area contributed by atoms with Crippen molar-refractivity contribution in [2.45, 2.75) is 19.0 Å². The maximum Gasteiger partial charge on any atom is 0.240 e. The second-order valence-corrected chi connectivity index (χ2v) is 6.91. The van der Waals surface area contributed by atoms with Crippen molar-refractivity contribution < 1.29 is 4.52 Å². The van der Waals surface area contributed by atoms with Crippen molar-refractivity contribution in [1.82, 2.24) is 19.9 Å². The molecule has 0 saturated carbocycles. The van der Waals surface area contributed by atoms with E-state index >= 15 is 0 Å². The van der Waals surface area contributed by atoms with Crippen LogP contribution in [0.15, 0.2) is 65.2 Å². The summed E-state index contributed by atoms with van der Waals surface area (Å²) >= 11 is 0. The summed E-state index contributed by atoms with van der Waals surface area (Å²) in [5, 5.41) is 4.15. The second-order valence-electron chi connectivity index (χ2n) is 6.91. The minimum Gasteiger partial charge on any atom is -0.338 e. The fraction of sp³-hybridized carbons (Fsp3) is 0.333. The maximum atomic E-state index is 5.49. The molecule has 0 aliphatic carbocycles. The van der Waals surface area contributed by atoms with Gasteiger partial charge in [-0.15, -0.1) is 0 Å². The standard InChI is InChI=1S/C21H24N4O/c1-24-12-13-25(15-19(24)18-10-6-3-7-11-18)16-21-22-20(23-26-21)14-17-8-4-2-5-9-17/h2-11,19H,12-16H2,1H3. The third-order valence-electron chi connectivity index (χ3n) is 4.99. The summed E-state index contributed by atoms with van der Waals surface area (Å²) in [6.07, 6.45) is 0.708. The van der Waals surface area contributed by atoms with Crippen LogP contribution in [0.3, 0.4) is 0 Å². The Labute approximate surface area is 154 Å². The van der Waals surface area contributed by atoms with E-state index in [1.165, 1.54) is 11.1 Å². The number of benzene rings is 2. The zero-order chi connectivity index (χ0) is 17.8. The topological polar surface area (TPSA) is 45.4 Å². The molecule has 2 heterocycles. The molecule has 1 fully saturated rings. The average Bonchev–Trinajstić information content (AvgIpc) is 3.11. The smallest absolute Gasteiger partial charge is 0.240 e. The molecule has 1 aliphatic heterocycles. The van der Waals surface area contributed by atoms with Gasteiger partial charge in [-0.1, -0.05) is 65.8 Å². The minimum atomic E-state index is 0.400. The molecule has 5 nitrogen and oxygen atoms in total. The van der Waals surface area contributed by atoms with Crippen LogP contribution in [-0.2, 0) is 13.0 Å². The molecule has 1 aromatic heterocycles. The van der Waals surface area contributed by atoms with Gasteiger partial charge < -0.3 is 4.52 Å².